The van der Waals surface area contributed by atoms with Crippen LogP contribution in [0, 0.1) is 5.82 Å². The Morgan fingerprint density at radius 3 is 2.72 bits per heavy atom. The smallest absolute Gasteiger partial charge is 0.237 e. The van der Waals surface area contributed by atoms with Crippen molar-refractivity contribution in [1.82, 2.24) is 15.1 Å². The van der Waals surface area contributed by atoms with Crippen molar-refractivity contribution in [3.05, 3.63) is 35.6 Å². The summed E-state index contributed by atoms with van der Waals surface area (Å²) in [7, 11) is 0. The number of hydrogen-bond donors (Lipinski definition) is 2. The highest BCUT2D eigenvalue weighted by Gasteiger charge is 2.32. The molecule has 0 saturated carbocycles. The maximum atomic E-state index is 13.1. The molecule has 1 heterocycles. The number of nitrogens with zero attached hydrogens (tertiary/aromatic N) is 2. The number of nitrogens with one attached hydrogen (secondary N) is 1. The number of halogens is 1. The van der Waals surface area contributed by atoms with E-state index in [9.17, 15) is 14.0 Å². The maximum Gasteiger partial charge on any atom is 0.237 e. The lowest BCUT2D eigenvalue weighted by Gasteiger charge is -2.35. The number of aliphatic hydroxyl groups is 1. The summed E-state index contributed by atoms with van der Waals surface area (Å²) in [6, 6.07) is 5.61. The minimum atomic E-state index is -0.552. The quantitative estimate of drug-likeness (QED) is 0.725. The van der Waals surface area contributed by atoms with Crippen LogP contribution in [0.2, 0.25) is 0 Å². The Balaban J connectivity index is 2.06. The molecule has 1 aromatic carbocycles. The van der Waals surface area contributed by atoms with E-state index in [-0.39, 0.29) is 37.2 Å². The molecule has 0 radical (unpaired) electrons. The average molecular weight is 351 g/mol. The Morgan fingerprint density at radius 1 is 1.36 bits per heavy atom. The summed E-state index contributed by atoms with van der Waals surface area (Å²) in [6.07, 6.45) is 0.870. The summed E-state index contributed by atoms with van der Waals surface area (Å²) in [4.78, 5) is 28.4. The first-order valence-electron chi connectivity index (χ1n) is 8.70. The molecule has 1 aromatic rings. The van der Waals surface area contributed by atoms with Gasteiger partial charge < -0.3 is 15.3 Å². The van der Waals surface area contributed by atoms with Crippen LogP contribution >= 0.6 is 0 Å². The second-order valence-electron chi connectivity index (χ2n) is 6.21. The van der Waals surface area contributed by atoms with Gasteiger partial charge in [-0.3, -0.25) is 14.5 Å². The molecular weight excluding hydrogens is 325 g/mol. The highest BCUT2D eigenvalue weighted by molar-refractivity contribution is 5.88. The predicted octanol–water partition coefficient (Wildman–Crippen LogP) is 0.747. The lowest BCUT2D eigenvalue weighted by Crippen LogP contribution is -2.56. The van der Waals surface area contributed by atoms with Crippen LogP contribution in [0.5, 0.6) is 0 Å². The zero-order valence-corrected chi connectivity index (χ0v) is 14.6. The minimum absolute atomic E-state index is 0.0764. The Hall–Kier alpha value is -1.99. The molecule has 2 amide bonds. The van der Waals surface area contributed by atoms with Crippen molar-refractivity contribution in [3.63, 3.8) is 0 Å². The van der Waals surface area contributed by atoms with E-state index in [0.717, 1.165) is 12.0 Å². The van der Waals surface area contributed by atoms with E-state index < -0.39 is 6.04 Å². The van der Waals surface area contributed by atoms with Crippen molar-refractivity contribution in [2.75, 3.05) is 32.8 Å². The van der Waals surface area contributed by atoms with Gasteiger partial charge in [-0.15, -0.1) is 0 Å². The van der Waals surface area contributed by atoms with Gasteiger partial charge in [0.2, 0.25) is 11.8 Å². The molecule has 1 aliphatic heterocycles. The van der Waals surface area contributed by atoms with Gasteiger partial charge in [-0.2, -0.15) is 0 Å². The summed E-state index contributed by atoms with van der Waals surface area (Å²) >= 11 is 0. The van der Waals surface area contributed by atoms with Crippen LogP contribution in [0.25, 0.3) is 0 Å². The van der Waals surface area contributed by atoms with Crippen molar-refractivity contribution >= 4 is 11.8 Å². The summed E-state index contributed by atoms with van der Waals surface area (Å²) in [5.41, 5.74) is 0.898. The van der Waals surface area contributed by atoms with Gasteiger partial charge in [0.15, 0.2) is 0 Å². The zero-order chi connectivity index (χ0) is 18.2. The molecule has 0 aromatic heterocycles. The largest absolute Gasteiger partial charge is 0.395 e. The van der Waals surface area contributed by atoms with Crippen LogP contribution in [-0.2, 0) is 16.1 Å². The normalized spacial score (nSPS) is 18.0. The van der Waals surface area contributed by atoms with E-state index in [1.165, 1.54) is 12.1 Å². The molecule has 1 fully saturated rings. The summed E-state index contributed by atoms with van der Waals surface area (Å²) in [5, 5.41) is 11.9. The first-order valence-corrected chi connectivity index (χ1v) is 8.70. The van der Waals surface area contributed by atoms with Crippen molar-refractivity contribution in [2.24, 2.45) is 0 Å². The molecule has 25 heavy (non-hydrogen) atoms. The SMILES string of the molecule is CCCN(CCO)C(=O)C[C@@H]1C(=O)NCCN1Cc1ccc(F)cc1. The molecule has 7 heteroatoms. The molecule has 0 unspecified atom stereocenters. The lowest BCUT2D eigenvalue weighted by molar-refractivity contribution is -0.139. The predicted molar refractivity (Wildman–Crippen MR) is 92.2 cm³/mol. The maximum absolute atomic E-state index is 13.1. The molecule has 1 aliphatic rings. The van der Waals surface area contributed by atoms with Gasteiger partial charge in [-0.05, 0) is 24.1 Å². The first-order chi connectivity index (χ1) is 12.0. The van der Waals surface area contributed by atoms with E-state index >= 15 is 0 Å². The number of aliphatic hydroxyl groups excluding tert-OH is 1. The van der Waals surface area contributed by atoms with Gasteiger partial charge in [-0.1, -0.05) is 19.1 Å². The Bertz CT molecular complexity index is 573. The second kappa shape index (κ2) is 9.48. The van der Waals surface area contributed by atoms with E-state index in [1.807, 2.05) is 11.8 Å². The van der Waals surface area contributed by atoms with Crippen LogP contribution < -0.4 is 5.32 Å². The molecule has 138 valence electrons. The molecule has 0 spiro atoms. The fourth-order valence-corrected chi connectivity index (χ4v) is 3.04. The van der Waals surface area contributed by atoms with Gasteiger partial charge in [0, 0.05) is 32.7 Å². The molecule has 0 aliphatic carbocycles. The molecular formula is C18H26FN3O3. The van der Waals surface area contributed by atoms with Gasteiger partial charge >= 0.3 is 0 Å². The standard InChI is InChI=1S/C18H26FN3O3/c1-2-8-21(10-11-23)17(24)12-16-18(25)20-7-9-22(16)13-14-3-5-15(19)6-4-14/h3-6,16,23H,2,7-13H2,1H3,(H,20,25)/t16-/m1/s1. The first kappa shape index (κ1) is 19.3. The second-order valence-corrected chi connectivity index (χ2v) is 6.21. The number of piperazine rings is 1. The summed E-state index contributed by atoms with van der Waals surface area (Å²) < 4.78 is 13.1. The monoisotopic (exact) mass is 351 g/mol. The third-order valence-electron chi connectivity index (χ3n) is 4.32. The number of rotatable bonds is 8. The summed E-state index contributed by atoms with van der Waals surface area (Å²) in [5.74, 6) is -0.602. The minimum Gasteiger partial charge on any atom is -0.395 e. The molecule has 2 N–H and O–H groups in total. The number of benzene rings is 1. The van der Waals surface area contributed by atoms with Crippen molar-refractivity contribution < 1.29 is 19.1 Å². The Morgan fingerprint density at radius 2 is 2.08 bits per heavy atom. The van der Waals surface area contributed by atoms with Crippen LogP contribution in [-0.4, -0.2) is 65.5 Å². The summed E-state index contributed by atoms with van der Waals surface area (Å²) in [6.45, 7) is 4.35. The van der Waals surface area contributed by atoms with Crippen LogP contribution in [0.15, 0.2) is 24.3 Å². The van der Waals surface area contributed by atoms with Crippen molar-refractivity contribution in [2.45, 2.75) is 32.4 Å². The number of carbonyl (C=O) groups excluding carboxylic acids is 2. The molecule has 1 saturated heterocycles. The fourth-order valence-electron chi connectivity index (χ4n) is 3.04. The van der Waals surface area contributed by atoms with E-state index in [1.54, 1.807) is 17.0 Å². The number of hydrogen-bond acceptors (Lipinski definition) is 4. The number of carbonyl (C=O) groups is 2. The molecule has 1 atom stereocenters. The van der Waals surface area contributed by atoms with E-state index in [2.05, 4.69) is 5.32 Å². The van der Waals surface area contributed by atoms with Crippen LogP contribution in [0.1, 0.15) is 25.3 Å². The third-order valence-corrected chi connectivity index (χ3v) is 4.32. The Kier molecular flexibility index (Phi) is 7.33. The molecule has 2 rings (SSSR count). The fraction of sp³-hybridized carbons (Fsp3) is 0.556. The van der Waals surface area contributed by atoms with Crippen molar-refractivity contribution in [3.8, 4) is 0 Å². The van der Waals surface area contributed by atoms with E-state index in [4.69, 9.17) is 5.11 Å². The van der Waals surface area contributed by atoms with Crippen LogP contribution in [0.3, 0.4) is 0 Å². The van der Waals surface area contributed by atoms with Gasteiger partial charge in [0.25, 0.3) is 0 Å². The van der Waals surface area contributed by atoms with Gasteiger partial charge in [-0.25, -0.2) is 4.39 Å². The van der Waals surface area contributed by atoms with Crippen molar-refractivity contribution in [1.29, 1.82) is 0 Å². The number of amides is 2. The molecule has 6 nitrogen and oxygen atoms in total. The highest BCUT2D eigenvalue weighted by Crippen LogP contribution is 2.15. The lowest BCUT2D eigenvalue weighted by atomic mass is 10.1. The van der Waals surface area contributed by atoms with Gasteiger partial charge in [0.1, 0.15) is 5.82 Å². The Labute approximate surface area is 147 Å². The zero-order valence-electron chi connectivity index (χ0n) is 14.6. The topological polar surface area (TPSA) is 72.9 Å². The van der Waals surface area contributed by atoms with Crippen LogP contribution in [0.4, 0.5) is 4.39 Å². The van der Waals surface area contributed by atoms with Gasteiger partial charge in [0.05, 0.1) is 19.1 Å². The molecule has 0 bridgehead atoms. The third kappa shape index (κ3) is 5.51. The average Bonchev–Trinajstić information content (AvgIpc) is 2.59. The highest BCUT2D eigenvalue weighted by atomic mass is 19.1. The van der Waals surface area contributed by atoms with E-state index in [0.29, 0.717) is 26.2 Å².